The van der Waals surface area contributed by atoms with Gasteiger partial charge in [0.15, 0.2) is 0 Å². The molecule has 0 unspecified atom stereocenters. The van der Waals surface area contributed by atoms with E-state index in [0.717, 1.165) is 0 Å². The third-order valence-electron chi connectivity index (χ3n) is 0. The number of hydrogen-bond donors (Lipinski definition) is 0. The maximum atomic E-state index is 8.34. The van der Waals surface area contributed by atoms with Crippen LogP contribution in [0.1, 0.15) is 0 Å². The van der Waals surface area contributed by atoms with Crippen molar-refractivity contribution in [2.75, 3.05) is 0 Å². The molecule has 0 rings (SSSR count). The van der Waals surface area contributed by atoms with Crippen molar-refractivity contribution in [1.29, 1.82) is 0 Å². The summed E-state index contributed by atoms with van der Waals surface area (Å²) >= 11 is 0.300. The zero-order valence-electron chi connectivity index (χ0n) is 4.49. The molecule has 0 aromatic rings. The average Bonchev–Trinajstić information content (AvgIpc) is 1.00. The Balaban J connectivity index is -0.000000000333. The first kappa shape index (κ1) is 45.8. The largest absolute Gasteiger partial charge is 0 e. The van der Waals surface area contributed by atoms with Gasteiger partial charge in [-0.2, -0.15) is 0 Å². The minimum absolute atomic E-state index is 0. The van der Waals surface area contributed by atoms with Gasteiger partial charge in [-0.3, -0.25) is 0 Å². The van der Waals surface area contributed by atoms with Crippen molar-refractivity contribution in [2.24, 2.45) is 0 Å². The van der Waals surface area contributed by atoms with Gasteiger partial charge in [-0.05, 0) is 0 Å². The maximum Gasteiger partial charge on any atom is 0 e. The molecule has 8 heavy (non-hydrogen) atoms. The van der Waals surface area contributed by atoms with E-state index in [1.807, 2.05) is 0 Å². The van der Waals surface area contributed by atoms with E-state index in [-0.39, 0.29) is 198 Å². The fourth-order valence-electron chi connectivity index (χ4n) is 0. The third kappa shape index (κ3) is 38.1. The second kappa shape index (κ2) is 48.1. The summed E-state index contributed by atoms with van der Waals surface area (Å²) in [6.45, 7) is 0. The molecule has 0 aromatic heterocycles. The Bertz CT molecular complexity index is 24.0. The van der Waals surface area contributed by atoms with E-state index in [4.69, 9.17) is 3.08 Å². The van der Waals surface area contributed by atoms with Gasteiger partial charge in [-0.1, -0.05) is 0 Å². The van der Waals surface area contributed by atoms with Crippen LogP contribution in [0, 0.1) is 0 Å². The Hall–Kier alpha value is 7.08. The van der Waals surface area contributed by atoms with E-state index in [9.17, 15) is 0 Å². The predicted octanol–water partition coefficient (Wildman–Crippen LogP) is -2.41. The van der Waals surface area contributed by atoms with E-state index >= 15 is 0 Å². The molecule has 0 aliphatic carbocycles. The topological polar surface area (TPSA) is 17.1 Å². The monoisotopic (exact) mass is 698 g/mol. The fourth-order valence-corrected chi connectivity index (χ4v) is 0. The molecule has 1 nitrogen and oxygen atoms in total. The molecule has 0 bridgehead atoms. The van der Waals surface area contributed by atoms with Crippen LogP contribution in [-0.2, 0) is 20.1 Å². The minimum Gasteiger partial charge on any atom is 0 e. The Labute approximate surface area is 216 Å². The molecular weight excluding hydrogens is 697 g/mol. The molecule has 0 saturated carbocycles. The molecule has 0 N–H and O–H groups in total. The van der Waals surface area contributed by atoms with Crippen LogP contribution in [0.5, 0.6) is 0 Å². The Morgan fingerprint density at radius 1 is 1.12 bits per heavy atom. The quantitative estimate of drug-likeness (QED) is 0.259. The van der Waals surface area contributed by atoms with Crippen LogP contribution in [0.4, 0.5) is 0 Å². The van der Waals surface area contributed by atoms with E-state index in [1.54, 1.807) is 0 Å². The molecule has 0 aromatic carbocycles. The zero-order chi connectivity index (χ0) is 2.00. The first-order chi connectivity index (χ1) is 1.00. The van der Waals surface area contributed by atoms with Gasteiger partial charge in [0.05, 0.1) is 0 Å². The van der Waals surface area contributed by atoms with Gasteiger partial charge in [-0.25, -0.2) is 0 Å². The van der Waals surface area contributed by atoms with Crippen molar-refractivity contribution < 1.29 is 20.1 Å². The Morgan fingerprint density at radius 3 is 1.12 bits per heavy atom. The summed E-state index contributed by atoms with van der Waals surface area (Å²) in [5, 5.41) is 0. The van der Waals surface area contributed by atoms with Crippen LogP contribution in [0.15, 0.2) is 0 Å². The van der Waals surface area contributed by atoms with Gasteiger partial charge in [0.1, 0.15) is 0 Å². The molecule has 0 aliphatic rings. The molecule has 0 fully saturated rings. The van der Waals surface area contributed by atoms with Gasteiger partial charge in [0.25, 0.3) is 0 Å². The van der Waals surface area contributed by atoms with E-state index in [0.29, 0.717) is 22.5 Å². The molecule has 14 radical (unpaired) electrons. The number of hydrogen-bond acceptors (Lipinski definition) is 1. The normalized spacial score (nSPS) is 0.500. The smallest absolute Gasteiger partial charge is 0 e. The zero-order valence-corrected chi connectivity index (χ0v) is 23.3. The van der Waals surface area contributed by atoms with Crippen LogP contribution in [0.3, 0.4) is 0 Å². The SMILES string of the molecule is [Ba].[Bi].[Ca].[Cu].[Mg].[O]=[Sn].[Sr]. The van der Waals surface area contributed by atoms with Crippen LogP contribution >= 0.6 is 0 Å². The minimum atomic E-state index is 0. The Kier molecular flexibility index (Phi) is 275. The number of rotatable bonds is 0. The van der Waals surface area contributed by atoms with Crippen LogP contribution in [-0.4, -0.2) is 204 Å². The molecule has 0 spiro atoms. The summed E-state index contributed by atoms with van der Waals surface area (Å²) in [7, 11) is 0. The average molecular weight is 697 g/mol. The summed E-state index contributed by atoms with van der Waals surface area (Å²) in [5.41, 5.74) is 0. The van der Waals surface area contributed by atoms with Crippen molar-refractivity contribution in [3.05, 3.63) is 0 Å². The standard InChI is InChI=1S/Ba.Bi.Ca.Cu.Mg.O.Sn.Sr. The molecular formula is BaBiCaCuMgOSnSr. The molecule has 8 heteroatoms. The first-order valence-electron chi connectivity index (χ1n) is 0.204. The van der Waals surface area contributed by atoms with E-state index in [1.165, 1.54) is 0 Å². The predicted molar refractivity (Wildman–Crippen MR) is 35.2 cm³/mol. The summed E-state index contributed by atoms with van der Waals surface area (Å²) in [6, 6.07) is 0. The summed E-state index contributed by atoms with van der Waals surface area (Å²) in [6.07, 6.45) is 0. The van der Waals surface area contributed by atoms with Crippen LogP contribution in [0.25, 0.3) is 0 Å². The van der Waals surface area contributed by atoms with Crippen LogP contribution < -0.4 is 0 Å². The summed E-state index contributed by atoms with van der Waals surface area (Å²) < 4.78 is 8.34. The second-order valence-corrected chi connectivity index (χ2v) is 0. The van der Waals surface area contributed by atoms with Gasteiger partial charge < -0.3 is 0 Å². The van der Waals surface area contributed by atoms with E-state index in [2.05, 4.69) is 0 Å². The van der Waals surface area contributed by atoms with Gasteiger partial charge >= 0.3 is 25.6 Å². The summed E-state index contributed by atoms with van der Waals surface area (Å²) in [4.78, 5) is 0. The summed E-state index contributed by atoms with van der Waals surface area (Å²) in [5.74, 6) is 0. The fraction of sp³-hybridized carbons (Fsp3) is 0. The van der Waals surface area contributed by atoms with Crippen molar-refractivity contribution in [3.63, 3.8) is 0 Å². The second-order valence-electron chi connectivity index (χ2n) is 0. The Morgan fingerprint density at radius 2 is 1.12 bits per heavy atom. The van der Waals surface area contributed by atoms with Crippen molar-refractivity contribution >= 4 is 204 Å². The maximum absolute atomic E-state index is 8.34. The molecule has 34 valence electrons. The van der Waals surface area contributed by atoms with Crippen molar-refractivity contribution in [1.82, 2.24) is 0 Å². The van der Waals surface area contributed by atoms with Crippen molar-refractivity contribution in [2.45, 2.75) is 0 Å². The molecule has 0 saturated heterocycles. The van der Waals surface area contributed by atoms with Gasteiger partial charge in [-0.15, -0.1) is 0 Å². The van der Waals surface area contributed by atoms with Gasteiger partial charge in [0.2, 0.25) is 0 Å². The van der Waals surface area contributed by atoms with E-state index < -0.39 is 0 Å². The molecule has 0 heterocycles. The third-order valence-corrected chi connectivity index (χ3v) is 0. The molecule has 0 aliphatic heterocycles. The molecule has 0 amide bonds. The van der Waals surface area contributed by atoms with Crippen LogP contribution in [0.2, 0.25) is 0 Å². The van der Waals surface area contributed by atoms with Crippen molar-refractivity contribution in [3.8, 4) is 0 Å². The first-order valence-corrected chi connectivity index (χ1v) is 1.37. The van der Waals surface area contributed by atoms with Gasteiger partial charge in [0, 0.05) is 198 Å². The molecule has 0 atom stereocenters.